The lowest BCUT2D eigenvalue weighted by molar-refractivity contribution is -0.136. The number of benzene rings is 2. The first-order valence-electron chi connectivity index (χ1n) is 8.53. The summed E-state index contributed by atoms with van der Waals surface area (Å²) in [5, 5.41) is 0. The molecule has 0 aliphatic carbocycles. The van der Waals surface area contributed by atoms with Crippen LogP contribution in [0, 0.1) is 19.8 Å². The van der Waals surface area contributed by atoms with E-state index in [4.69, 9.17) is 14.2 Å². The van der Waals surface area contributed by atoms with E-state index in [-0.39, 0.29) is 12.5 Å². The minimum Gasteiger partial charge on any atom is -0.482 e. The summed E-state index contributed by atoms with van der Waals surface area (Å²) in [5.74, 6) is 0.330. The fourth-order valence-electron chi connectivity index (χ4n) is 2.09. The molecule has 5 heteroatoms. The first-order chi connectivity index (χ1) is 12.3. The average molecular weight is 356 g/mol. The Morgan fingerprint density at radius 3 is 2.19 bits per heavy atom. The van der Waals surface area contributed by atoms with Crippen molar-refractivity contribution in [1.82, 2.24) is 0 Å². The van der Waals surface area contributed by atoms with Crippen LogP contribution in [0.25, 0.3) is 0 Å². The maximum Gasteiger partial charge on any atom is 0.349 e. The summed E-state index contributed by atoms with van der Waals surface area (Å²) in [6, 6.07) is 11.9. The zero-order chi connectivity index (χ0) is 19.1. The van der Waals surface area contributed by atoms with Gasteiger partial charge in [0.25, 0.3) is 0 Å². The minimum atomic E-state index is -0.515. The summed E-state index contributed by atoms with van der Waals surface area (Å²) < 4.78 is 15.8. The maximum atomic E-state index is 11.9. The molecule has 0 aliphatic heterocycles. The van der Waals surface area contributed by atoms with Gasteiger partial charge in [-0.05, 0) is 67.3 Å². The summed E-state index contributed by atoms with van der Waals surface area (Å²) in [7, 11) is 0. The number of rotatable bonds is 7. The number of esters is 2. The van der Waals surface area contributed by atoms with E-state index in [9.17, 15) is 9.59 Å². The van der Waals surface area contributed by atoms with Crippen molar-refractivity contribution < 1.29 is 23.8 Å². The third kappa shape index (κ3) is 5.92. The topological polar surface area (TPSA) is 61.8 Å². The zero-order valence-electron chi connectivity index (χ0n) is 15.6. The van der Waals surface area contributed by atoms with Crippen LogP contribution in [0.3, 0.4) is 0 Å². The van der Waals surface area contributed by atoms with Crippen molar-refractivity contribution >= 4 is 11.9 Å². The number of aryl methyl sites for hydroxylation is 2. The second-order valence-electron chi connectivity index (χ2n) is 6.53. The molecule has 0 bridgehead atoms. The first-order valence-corrected chi connectivity index (χ1v) is 8.53. The van der Waals surface area contributed by atoms with Crippen LogP contribution < -0.4 is 9.47 Å². The Kier molecular flexibility index (Phi) is 6.78. The van der Waals surface area contributed by atoms with Crippen LogP contribution in [0.15, 0.2) is 42.5 Å². The monoisotopic (exact) mass is 356 g/mol. The van der Waals surface area contributed by atoms with Crippen molar-refractivity contribution in [2.24, 2.45) is 5.92 Å². The Hall–Kier alpha value is -2.82. The fraction of sp³-hybridized carbons (Fsp3) is 0.333. The summed E-state index contributed by atoms with van der Waals surface area (Å²) >= 11 is 0. The SMILES string of the molecule is Cc1ccc(OCC(=O)Oc2ccc(C(=O)OCC(C)C)cc2)cc1C. The van der Waals surface area contributed by atoms with Gasteiger partial charge in [-0.25, -0.2) is 9.59 Å². The number of carbonyl (C=O) groups excluding carboxylic acids is 2. The molecule has 2 rings (SSSR count). The zero-order valence-corrected chi connectivity index (χ0v) is 15.6. The molecule has 0 aliphatic rings. The molecule has 0 spiro atoms. The second kappa shape index (κ2) is 9.04. The molecule has 5 nitrogen and oxygen atoms in total. The van der Waals surface area contributed by atoms with E-state index >= 15 is 0 Å². The van der Waals surface area contributed by atoms with Gasteiger partial charge in [0.1, 0.15) is 11.5 Å². The van der Waals surface area contributed by atoms with Crippen molar-refractivity contribution in [3.05, 3.63) is 59.2 Å². The van der Waals surface area contributed by atoms with Gasteiger partial charge in [-0.3, -0.25) is 0 Å². The van der Waals surface area contributed by atoms with Gasteiger partial charge < -0.3 is 14.2 Å². The fourth-order valence-corrected chi connectivity index (χ4v) is 2.09. The predicted octanol–water partition coefficient (Wildman–Crippen LogP) is 4.10. The molecule has 26 heavy (non-hydrogen) atoms. The Bertz CT molecular complexity index is 762. The molecule has 0 amide bonds. The number of ether oxygens (including phenoxy) is 3. The van der Waals surface area contributed by atoms with Crippen LogP contribution in [-0.2, 0) is 9.53 Å². The lowest BCUT2D eigenvalue weighted by atomic mass is 10.1. The Labute approximate surface area is 153 Å². The highest BCUT2D eigenvalue weighted by Gasteiger charge is 2.10. The number of hydrogen-bond acceptors (Lipinski definition) is 5. The van der Waals surface area contributed by atoms with E-state index in [1.165, 1.54) is 0 Å². The van der Waals surface area contributed by atoms with Gasteiger partial charge in [-0.1, -0.05) is 19.9 Å². The largest absolute Gasteiger partial charge is 0.482 e. The van der Waals surface area contributed by atoms with Crippen LogP contribution in [0.4, 0.5) is 0 Å². The van der Waals surface area contributed by atoms with Crippen LogP contribution in [-0.4, -0.2) is 25.2 Å². The molecule has 0 radical (unpaired) electrons. The molecule has 0 saturated heterocycles. The molecular weight excluding hydrogens is 332 g/mol. The molecule has 2 aromatic carbocycles. The first kappa shape index (κ1) is 19.5. The molecule has 0 heterocycles. The molecule has 0 fully saturated rings. The van der Waals surface area contributed by atoms with Gasteiger partial charge in [0.15, 0.2) is 6.61 Å². The highest BCUT2D eigenvalue weighted by Crippen LogP contribution is 2.17. The molecule has 0 unspecified atom stereocenters. The van der Waals surface area contributed by atoms with E-state index in [0.717, 1.165) is 11.1 Å². The van der Waals surface area contributed by atoms with E-state index in [1.54, 1.807) is 24.3 Å². The van der Waals surface area contributed by atoms with Gasteiger partial charge >= 0.3 is 11.9 Å². The van der Waals surface area contributed by atoms with Crippen molar-refractivity contribution in [2.75, 3.05) is 13.2 Å². The van der Waals surface area contributed by atoms with Crippen LogP contribution in [0.2, 0.25) is 0 Å². The minimum absolute atomic E-state index is 0.194. The van der Waals surface area contributed by atoms with E-state index in [0.29, 0.717) is 23.7 Å². The molecular formula is C21H24O5. The molecule has 138 valence electrons. The summed E-state index contributed by atoms with van der Waals surface area (Å²) in [6.45, 7) is 8.10. The molecule has 0 N–H and O–H groups in total. The maximum absolute atomic E-state index is 11.9. The summed E-state index contributed by atoms with van der Waals surface area (Å²) in [4.78, 5) is 23.7. The summed E-state index contributed by atoms with van der Waals surface area (Å²) in [5.41, 5.74) is 2.67. The quantitative estimate of drug-likeness (QED) is 0.552. The van der Waals surface area contributed by atoms with Crippen LogP contribution >= 0.6 is 0 Å². The van der Waals surface area contributed by atoms with Crippen LogP contribution in [0.5, 0.6) is 11.5 Å². The van der Waals surface area contributed by atoms with Crippen molar-refractivity contribution in [3.8, 4) is 11.5 Å². The normalized spacial score (nSPS) is 10.5. The summed E-state index contributed by atoms with van der Waals surface area (Å²) in [6.07, 6.45) is 0. The lowest BCUT2D eigenvalue weighted by Crippen LogP contribution is -2.17. The Morgan fingerprint density at radius 1 is 0.923 bits per heavy atom. The van der Waals surface area contributed by atoms with Crippen molar-refractivity contribution in [3.63, 3.8) is 0 Å². The van der Waals surface area contributed by atoms with Crippen molar-refractivity contribution in [1.29, 1.82) is 0 Å². The van der Waals surface area contributed by atoms with Gasteiger partial charge in [0, 0.05) is 0 Å². The van der Waals surface area contributed by atoms with E-state index in [2.05, 4.69) is 0 Å². The number of carbonyl (C=O) groups is 2. The second-order valence-corrected chi connectivity index (χ2v) is 6.53. The Balaban J connectivity index is 1.85. The van der Waals surface area contributed by atoms with Gasteiger partial charge in [0.05, 0.1) is 12.2 Å². The smallest absolute Gasteiger partial charge is 0.349 e. The molecule has 0 aromatic heterocycles. The van der Waals surface area contributed by atoms with Gasteiger partial charge in [0.2, 0.25) is 0 Å². The number of hydrogen-bond donors (Lipinski definition) is 0. The van der Waals surface area contributed by atoms with Crippen molar-refractivity contribution in [2.45, 2.75) is 27.7 Å². The third-order valence-electron chi connectivity index (χ3n) is 3.70. The van der Waals surface area contributed by atoms with E-state index in [1.807, 2.05) is 45.9 Å². The molecule has 0 atom stereocenters. The Morgan fingerprint density at radius 2 is 1.58 bits per heavy atom. The molecule has 2 aromatic rings. The lowest BCUT2D eigenvalue weighted by Gasteiger charge is -2.09. The highest BCUT2D eigenvalue weighted by molar-refractivity contribution is 5.89. The third-order valence-corrected chi connectivity index (χ3v) is 3.70. The standard InChI is InChI=1S/C21H24O5/c1-14(2)12-25-21(23)17-6-9-18(10-7-17)26-20(22)13-24-19-8-5-15(3)16(4)11-19/h5-11,14H,12-13H2,1-4H3. The highest BCUT2D eigenvalue weighted by atomic mass is 16.6. The van der Waals surface area contributed by atoms with Crippen LogP contribution in [0.1, 0.15) is 35.3 Å². The predicted molar refractivity (Wildman–Crippen MR) is 98.6 cm³/mol. The van der Waals surface area contributed by atoms with Gasteiger partial charge in [-0.15, -0.1) is 0 Å². The average Bonchev–Trinajstić information content (AvgIpc) is 2.61. The van der Waals surface area contributed by atoms with E-state index < -0.39 is 11.9 Å². The molecule has 0 saturated carbocycles. The van der Waals surface area contributed by atoms with Gasteiger partial charge in [-0.2, -0.15) is 0 Å².